The van der Waals surface area contributed by atoms with Crippen molar-refractivity contribution >= 4 is 11.7 Å². The Morgan fingerprint density at radius 1 is 1.27 bits per heavy atom. The lowest BCUT2D eigenvalue weighted by atomic mass is 10.0. The smallest absolute Gasteiger partial charge is 0.244 e. The minimum atomic E-state index is -0.473. The second-order valence-electron chi connectivity index (χ2n) is 5.13. The molecular formula is C17H18N4O. The lowest BCUT2D eigenvalue weighted by Crippen LogP contribution is -2.40. The van der Waals surface area contributed by atoms with Crippen LogP contribution in [-0.4, -0.2) is 35.9 Å². The molecule has 1 atom stereocenters. The van der Waals surface area contributed by atoms with E-state index in [1.165, 1.54) is 4.90 Å². The topological polar surface area (TPSA) is 69.0 Å². The van der Waals surface area contributed by atoms with Gasteiger partial charge in [-0.1, -0.05) is 30.3 Å². The molecule has 0 aliphatic rings. The molecule has 1 amide bonds. The largest absolute Gasteiger partial charge is 0.357 e. The van der Waals surface area contributed by atoms with Crippen LogP contribution in [0.1, 0.15) is 11.1 Å². The van der Waals surface area contributed by atoms with Crippen LogP contribution in [0.4, 0.5) is 5.82 Å². The zero-order valence-corrected chi connectivity index (χ0v) is 12.7. The SMILES string of the molecule is CN(C)C(=O)[C@H](Cc1ccccc1)Nc1ncccc1C#N. The van der Waals surface area contributed by atoms with Crippen LogP contribution in [0.3, 0.4) is 0 Å². The molecule has 0 aliphatic heterocycles. The van der Waals surface area contributed by atoms with Crippen molar-refractivity contribution < 1.29 is 4.79 Å². The number of nitrogens with one attached hydrogen (secondary N) is 1. The fraction of sp³-hybridized carbons (Fsp3) is 0.235. The summed E-state index contributed by atoms with van der Waals surface area (Å²) in [5.74, 6) is 0.375. The third-order valence-electron chi connectivity index (χ3n) is 3.26. The third-order valence-corrected chi connectivity index (χ3v) is 3.26. The summed E-state index contributed by atoms with van der Waals surface area (Å²) in [6.07, 6.45) is 2.13. The van der Waals surface area contributed by atoms with E-state index in [1.807, 2.05) is 30.3 Å². The lowest BCUT2D eigenvalue weighted by Gasteiger charge is -2.22. The molecule has 0 saturated carbocycles. The number of likely N-dealkylation sites (N-methyl/N-ethyl adjacent to an activating group) is 1. The van der Waals surface area contributed by atoms with Gasteiger partial charge in [-0.05, 0) is 17.7 Å². The first kappa shape index (κ1) is 15.5. The van der Waals surface area contributed by atoms with Crippen LogP contribution in [0.25, 0.3) is 0 Å². The molecule has 0 spiro atoms. The fourth-order valence-corrected chi connectivity index (χ4v) is 2.14. The Morgan fingerprint density at radius 2 is 2.00 bits per heavy atom. The van der Waals surface area contributed by atoms with Gasteiger partial charge in [-0.15, -0.1) is 0 Å². The number of hydrogen-bond donors (Lipinski definition) is 1. The molecule has 5 heteroatoms. The number of benzene rings is 1. The molecule has 1 heterocycles. The van der Waals surface area contributed by atoms with Crippen molar-refractivity contribution in [3.05, 3.63) is 59.8 Å². The predicted molar refractivity (Wildman–Crippen MR) is 85.2 cm³/mol. The van der Waals surface area contributed by atoms with Crippen molar-refractivity contribution in [1.82, 2.24) is 9.88 Å². The highest BCUT2D eigenvalue weighted by Crippen LogP contribution is 2.14. The predicted octanol–water partition coefficient (Wildman–Crippen LogP) is 2.06. The van der Waals surface area contributed by atoms with Crippen LogP contribution in [0.5, 0.6) is 0 Å². The van der Waals surface area contributed by atoms with Gasteiger partial charge >= 0.3 is 0 Å². The van der Waals surface area contributed by atoms with Gasteiger partial charge < -0.3 is 10.2 Å². The van der Waals surface area contributed by atoms with Crippen LogP contribution >= 0.6 is 0 Å². The summed E-state index contributed by atoms with van der Waals surface area (Å²) in [7, 11) is 3.43. The molecule has 0 bridgehead atoms. The molecular weight excluding hydrogens is 276 g/mol. The lowest BCUT2D eigenvalue weighted by molar-refractivity contribution is -0.129. The van der Waals surface area contributed by atoms with Gasteiger partial charge in [0.2, 0.25) is 5.91 Å². The maximum Gasteiger partial charge on any atom is 0.244 e. The number of amides is 1. The Bertz CT molecular complexity index is 677. The Hall–Kier alpha value is -2.87. The van der Waals surface area contributed by atoms with E-state index < -0.39 is 6.04 Å². The molecule has 0 saturated heterocycles. The Kier molecular flexibility index (Phi) is 5.10. The number of rotatable bonds is 5. The first-order valence-corrected chi connectivity index (χ1v) is 6.98. The highest BCUT2D eigenvalue weighted by molar-refractivity contribution is 5.84. The quantitative estimate of drug-likeness (QED) is 0.916. The van der Waals surface area contributed by atoms with E-state index in [0.29, 0.717) is 17.8 Å². The molecule has 112 valence electrons. The summed E-state index contributed by atoms with van der Waals surface area (Å²) in [5, 5.41) is 12.2. The highest BCUT2D eigenvalue weighted by Gasteiger charge is 2.22. The number of pyridine rings is 1. The van der Waals surface area contributed by atoms with E-state index >= 15 is 0 Å². The van der Waals surface area contributed by atoms with E-state index in [1.54, 1.807) is 32.4 Å². The summed E-state index contributed by atoms with van der Waals surface area (Å²) >= 11 is 0. The van der Waals surface area contributed by atoms with Gasteiger partial charge in [0.1, 0.15) is 17.9 Å². The zero-order chi connectivity index (χ0) is 15.9. The molecule has 22 heavy (non-hydrogen) atoms. The molecule has 1 aromatic heterocycles. The van der Waals surface area contributed by atoms with Crippen LogP contribution in [0.15, 0.2) is 48.7 Å². The number of carbonyl (C=O) groups is 1. The van der Waals surface area contributed by atoms with Crippen LogP contribution in [0, 0.1) is 11.3 Å². The first-order valence-electron chi connectivity index (χ1n) is 6.98. The summed E-state index contributed by atoms with van der Waals surface area (Å²) in [4.78, 5) is 18.1. The van der Waals surface area contributed by atoms with Crippen molar-refractivity contribution in [3.63, 3.8) is 0 Å². The van der Waals surface area contributed by atoms with Crippen LogP contribution < -0.4 is 5.32 Å². The average molecular weight is 294 g/mol. The number of anilines is 1. The molecule has 5 nitrogen and oxygen atoms in total. The summed E-state index contributed by atoms with van der Waals surface area (Å²) in [6.45, 7) is 0. The van der Waals surface area contributed by atoms with Gasteiger partial charge in [0.05, 0.1) is 5.56 Å². The summed E-state index contributed by atoms with van der Waals surface area (Å²) in [5.41, 5.74) is 1.47. The molecule has 1 aromatic carbocycles. The summed E-state index contributed by atoms with van der Waals surface area (Å²) < 4.78 is 0. The van der Waals surface area contributed by atoms with Crippen LogP contribution in [-0.2, 0) is 11.2 Å². The molecule has 0 aliphatic carbocycles. The molecule has 2 aromatic rings. The maximum atomic E-state index is 12.4. The number of carbonyl (C=O) groups excluding carboxylic acids is 1. The minimum absolute atomic E-state index is 0.0570. The number of nitrogens with zero attached hydrogens (tertiary/aromatic N) is 3. The number of hydrogen-bond acceptors (Lipinski definition) is 4. The van der Waals surface area contributed by atoms with Crippen molar-refractivity contribution in [3.8, 4) is 6.07 Å². The molecule has 0 fully saturated rings. The molecule has 0 unspecified atom stereocenters. The van der Waals surface area contributed by atoms with Gasteiger partial charge in [0.25, 0.3) is 0 Å². The van der Waals surface area contributed by atoms with E-state index in [9.17, 15) is 4.79 Å². The second-order valence-corrected chi connectivity index (χ2v) is 5.13. The van der Waals surface area contributed by atoms with Crippen molar-refractivity contribution in [2.45, 2.75) is 12.5 Å². The summed E-state index contributed by atoms with van der Waals surface area (Å²) in [6, 6.07) is 14.7. The zero-order valence-electron chi connectivity index (χ0n) is 12.7. The van der Waals surface area contributed by atoms with E-state index in [2.05, 4.69) is 16.4 Å². The average Bonchev–Trinajstić information content (AvgIpc) is 2.55. The third kappa shape index (κ3) is 3.83. The standard InChI is InChI=1S/C17H18N4O/c1-21(2)17(22)15(11-13-7-4-3-5-8-13)20-16-14(12-18)9-6-10-19-16/h3-10,15H,11H2,1-2H3,(H,19,20)/t15-/m0/s1. The van der Waals surface area contributed by atoms with Crippen molar-refractivity contribution in [2.24, 2.45) is 0 Å². The maximum absolute atomic E-state index is 12.4. The Balaban J connectivity index is 2.25. The number of nitriles is 1. The van der Waals surface area contributed by atoms with Gasteiger partial charge in [0.15, 0.2) is 0 Å². The number of aromatic nitrogens is 1. The molecule has 2 rings (SSSR count). The van der Waals surface area contributed by atoms with E-state index in [0.717, 1.165) is 5.56 Å². The van der Waals surface area contributed by atoms with Gasteiger partial charge in [-0.25, -0.2) is 4.98 Å². The van der Waals surface area contributed by atoms with Gasteiger partial charge in [-0.3, -0.25) is 4.79 Å². The van der Waals surface area contributed by atoms with Crippen LogP contribution in [0.2, 0.25) is 0 Å². The van der Waals surface area contributed by atoms with E-state index in [4.69, 9.17) is 5.26 Å². The first-order chi connectivity index (χ1) is 10.6. The van der Waals surface area contributed by atoms with Crippen molar-refractivity contribution in [2.75, 3.05) is 19.4 Å². The minimum Gasteiger partial charge on any atom is -0.357 e. The van der Waals surface area contributed by atoms with Gasteiger partial charge in [-0.2, -0.15) is 5.26 Å². The highest BCUT2D eigenvalue weighted by atomic mass is 16.2. The van der Waals surface area contributed by atoms with Gasteiger partial charge in [0, 0.05) is 26.7 Å². The Morgan fingerprint density at radius 3 is 2.64 bits per heavy atom. The Labute approximate surface area is 130 Å². The van der Waals surface area contributed by atoms with Crippen molar-refractivity contribution in [1.29, 1.82) is 5.26 Å². The second kappa shape index (κ2) is 7.23. The molecule has 0 radical (unpaired) electrons. The normalized spacial score (nSPS) is 11.3. The van der Waals surface area contributed by atoms with E-state index in [-0.39, 0.29) is 5.91 Å². The fourth-order valence-electron chi connectivity index (χ4n) is 2.14. The molecule has 1 N–H and O–H groups in total. The monoisotopic (exact) mass is 294 g/mol.